The van der Waals surface area contributed by atoms with Crippen LogP contribution in [0.3, 0.4) is 0 Å². The van der Waals surface area contributed by atoms with E-state index in [9.17, 15) is 9.18 Å². The van der Waals surface area contributed by atoms with Crippen LogP contribution in [0.15, 0.2) is 40.9 Å². The monoisotopic (exact) mass is 352 g/mol. The lowest BCUT2D eigenvalue weighted by molar-refractivity contribution is 0.102. The van der Waals surface area contributed by atoms with Crippen LogP contribution >= 0.6 is 27.5 Å². The Kier molecular flexibility index (Phi) is 4.38. The van der Waals surface area contributed by atoms with E-state index >= 15 is 0 Å². The van der Waals surface area contributed by atoms with Crippen LogP contribution in [0, 0.1) is 17.1 Å². The Balaban J connectivity index is 2.24. The Morgan fingerprint density at radius 2 is 2.05 bits per heavy atom. The number of anilines is 1. The van der Waals surface area contributed by atoms with Crippen LogP contribution in [0.25, 0.3) is 0 Å². The lowest BCUT2D eigenvalue weighted by atomic mass is 10.2. The second-order valence-electron chi connectivity index (χ2n) is 3.88. The number of nitriles is 1. The van der Waals surface area contributed by atoms with Crippen LogP contribution in [0.1, 0.15) is 15.9 Å². The van der Waals surface area contributed by atoms with Gasteiger partial charge in [-0.15, -0.1) is 0 Å². The molecule has 1 N–H and O–H groups in total. The zero-order valence-corrected chi connectivity index (χ0v) is 12.3. The molecule has 6 heteroatoms. The minimum absolute atomic E-state index is 0.253. The van der Waals surface area contributed by atoms with E-state index in [0.29, 0.717) is 21.3 Å². The van der Waals surface area contributed by atoms with E-state index < -0.39 is 11.7 Å². The zero-order chi connectivity index (χ0) is 14.7. The maximum atomic E-state index is 13.0. The minimum Gasteiger partial charge on any atom is -0.322 e. The van der Waals surface area contributed by atoms with Crippen molar-refractivity contribution < 1.29 is 9.18 Å². The molecular formula is C14H7BrClFN2O. The van der Waals surface area contributed by atoms with Crippen LogP contribution in [0.2, 0.25) is 5.02 Å². The normalized spacial score (nSPS) is 9.90. The molecule has 3 nitrogen and oxygen atoms in total. The first kappa shape index (κ1) is 14.5. The minimum atomic E-state index is -0.435. The molecule has 2 aromatic rings. The molecule has 0 bridgehead atoms. The predicted octanol–water partition coefficient (Wildman–Crippen LogP) is 4.37. The highest BCUT2D eigenvalue weighted by Gasteiger charge is 2.11. The lowest BCUT2D eigenvalue weighted by Gasteiger charge is -2.07. The average molecular weight is 354 g/mol. The molecule has 0 heterocycles. The number of halogens is 3. The zero-order valence-electron chi connectivity index (χ0n) is 9.95. The third-order valence-corrected chi connectivity index (χ3v) is 3.49. The fourth-order valence-electron chi connectivity index (χ4n) is 1.56. The Morgan fingerprint density at radius 3 is 2.65 bits per heavy atom. The van der Waals surface area contributed by atoms with Crippen molar-refractivity contribution in [2.75, 3.05) is 5.32 Å². The summed E-state index contributed by atoms with van der Waals surface area (Å²) in [4.78, 5) is 12.0. The number of nitrogens with one attached hydrogen (secondary N) is 1. The van der Waals surface area contributed by atoms with Crippen molar-refractivity contribution in [2.45, 2.75) is 0 Å². The quantitative estimate of drug-likeness (QED) is 0.872. The van der Waals surface area contributed by atoms with E-state index in [4.69, 9.17) is 16.9 Å². The van der Waals surface area contributed by atoms with E-state index in [1.807, 2.05) is 6.07 Å². The Morgan fingerprint density at radius 1 is 1.30 bits per heavy atom. The van der Waals surface area contributed by atoms with Crippen LogP contribution < -0.4 is 5.32 Å². The van der Waals surface area contributed by atoms with Gasteiger partial charge in [0.25, 0.3) is 5.91 Å². The Labute approximate surface area is 128 Å². The van der Waals surface area contributed by atoms with Gasteiger partial charge in [-0.3, -0.25) is 4.79 Å². The van der Waals surface area contributed by atoms with E-state index in [0.717, 1.165) is 0 Å². The van der Waals surface area contributed by atoms with Crippen molar-refractivity contribution in [1.82, 2.24) is 0 Å². The summed E-state index contributed by atoms with van der Waals surface area (Å²) >= 11 is 9.01. The standard InChI is InChI=1S/C14H7BrClFN2O/c15-12-5-9(17)2-4-11(12)14(20)19-10-3-1-8(7-18)13(16)6-10/h1-6H,(H,19,20). The van der Waals surface area contributed by atoms with E-state index in [1.54, 1.807) is 6.07 Å². The molecule has 0 radical (unpaired) electrons. The second kappa shape index (κ2) is 6.04. The van der Waals surface area contributed by atoms with Crippen molar-refractivity contribution in [3.63, 3.8) is 0 Å². The maximum absolute atomic E-state index is 13.0. The molecule has 0 saturated carbocycles. The summed E-state index contributed by atoms with van der Waals surface area (Å²) in [7, 11) is 0. The number of hydrogen-bond donors (Lipinski definition) is 1. The van der Waals surface area contributed by atoms with Crippen LogP contribution in [-0.2, 0) is 0 Å². The molecule has 2 rings (SSSR count). The van der Waals surface area contributed by atoms with Crippen molar-refractivity contribution in [3.05, 3.63) is 62.8 Å². The molecule has 0 saturated heterocycles. The van der Waals surface area contributed by atoms with Gasteiger partial charge in [0.05, 0.1) is 16.1 Å². The molecule has 0 fully saturated rings. The Bertz CT molecular complexity index is 728. The summed E-state index contributed by atoms with van der Waals surface area (Å²) in [5.74, 6) is -0.840. The smallest absolute Gasteiger partial charge is 0.256 e. The predicted molar refractivity (Wildman–Crippen MR) is 78.2 cm³/mol. The molecule has 0 aliphatic rings. The van der Waals surface area contributed by atoms with Crippen molar-refractivity contribution in [1.29, 1.82) is 5.26 Å². The van der Waals surface area contributed by atoms with E-state index in [1.165, 1.54) is 30.3 Å². The first-order valence-electron chi connectivity index (χ1n) is 5.47. The number of carbonyl (C=O) groups is 1. The Hall–Kier alpha value is -1.90. The van der Waals surface area contributed by atoms with Crippen molar-refractivity contribution in [2.24, 2.45) is 0 Å². The molecule has 1 amide bonds. The molecule has 0 unspecified atom stereocenters. The number of rotatable bonds is 2. The first-order valence-corrected chi connectivity index (χ1v) is 6.64. The third-order valence-electron chi connectivity index (χ3n) is 2.52. The summed E-state index contributed by atoms with van der Waals surface area (Å²) in [5, 5.41) is 11.6. The van der Waals surface area contributed by atoms with Gasteiger partial charge in [-0.05, 0) is 52.3 Å². The molecule has 0 atom stereocenters. The molecule has 0 aliphatic heterocycles. The maximum Gasteiger partial charge on any atom is 0.256 e. The number of amides is 1. The van der Waals surface area contributed by atoms with Crippen LogP contribution in [0.5, 0.6) is 0 Å². The van der Waals surface area contributed by atoms with Gasteiger partial charge in [-0.25, -0.2) is 4.39 Å². The van der Waals surface area contributed by atoms with Gasteiger partial charge < -0.3 is 5.32 Å². The van der Waals surface area contributed by atoms with Gasteiger partial charge in [0.2, 0.25) is 0 Å². The van der Waals surface area contributed by atoms with Crippen molar-refractivity contribution >= 4 is 39.1 Å². The summed E-state index contributed by atoms with van der Waals surface area (Å²) in [5.41, 5.74) is 1.08. The van der Waals surface area contributed by atoms with Crippen LogP contribution in [-0.4, -0.2) is 5.91 Å². The summed E-state index contributed by atoms with van der Waals surface area (Å²) < 4.78 is 13.3. The average Bonchev–Trinajstić information content (AvgIpc) is 2.38. The molecule has 0 aromatic heterocycles. The topological polar surface area (TPSA) is 52.9 Å². The van der Waals surface area contributed by atoms with Crippen molar-refractivity contribution in [3.8, 4) is 6.07 Å². The molecular weight excluding hydrogens is 347 g/mol. The molecule has 0 aliphatic carbocycles. The highest BCUT2D eigenvalue weighted by molar-refractivity contribution is 9.10. The largest absolute Gasteiger partial charge is 0.322 e. The summed E-state index contributed by atoms with van der Waals surface area (Å²) in [6, 6.07) is 10.3. The van der Waals surface area contributed by atoms with Gasteiger partial charge in [0.15, 0.2) is 0 Å². The molecule has 2 aromatic carbocycles. The first-order chi connectivity index (χ1) is 9.51. The third kappa shape index (κ3) is 3.16. The summed E-state index contributed by atoms with van der Waals surface area (Å²) in [6.45, 7) is 0. The molecule has 100 valence electrons. The lowest BCUT2D eigenvalue weighted by Crippen LogP contribution is -2.12. The van der Waals surface area contributed by atoms with Gasteiger partial charge in [-0.2, -0.15) is 5.26 Å². The van der Waals surface area contributed by atoms with E-state index in [-0.39, 0.29) is 5.02 Å². The summed E-state index contributed by atoms with van der Waals surface area (Å²) in [6.07, 6.45) is 0. The number of benzene rings is 2. The van der Waals surface area contributed by atoms with E-state index in [2.05, 4.69) is 21.2 Å². The molecule has 20 heavy (non-hydrogen) atoms. The highest BCUT2D eigenvalue weighted by Crippen LogP contribution is 2.23. The van der Waals surface area contributed by atoms with Gasteiger partial charge in [-0.1, -0.05) is 11.6 Å². The number of nitrogens with zero attached hydrogens (tertiary/aromatic N) is 1. The fraction of sp³-hybridized carbons (Fsp3) is 0. The van der Waals surface area contributed by atoms with Gasteiger partial charge in [0.1, 0.15) is 11.9 Å². The van der Waals surface area contributed by atoms with Crippen LogP contribution in [0.4, 0.5) is 10.1 Å². The number of carbonyl (C=O) groups excluding carboxylic acids is 1. The number of hydrogen-bond acceptors (Lipinski definition) is 2. The van der Waals surface area contributed by atoms with Gasteiger partial charge >= 0.3 is 0 Å². The fourth-order valence-corrected chi connectivity index (χ4v) is 2.31. The highest BCUT2D eigenvalue weighted by atomic mass is 79.9. The molecule has 0 spiro atoms. The van der Waals surface area contributed by atoms with Gasteiger partial charge in [0, 0.05) is 10.2 Å². The second-order valence-corrected chi connectivity index (χ2v) is 5.15. The SMILES string of the molecule is N#Cc1ccc(NC(=O)c2ccc(F)cc2Br)cc1Cl.